The topological polar surface area (TPSA) is 23.5 Å². The van der Waals surface area contributed by atoms with E-state index >= 15 is 0 Å². The first kappa shape index (κ1) is 26.6. The zero-order valence-corrected chi connectivity index (χ0v) is 22.8. The van der Waals surface area contributed by atoms with Gasteiger partial charge in [-0.2, -0.15) is 0 Å². The summed E-state index contributed by atoms with van der Waals surface area (Å²) in [6, 6.07) is 29.8. The van der Waals surface area contributed by atoms with E-state index in [1.165, 1.54) is 30.4 Å². The average molecular weight is 484 g/mol. The lowest BCUT2D eigenvalue weighted by atomic mass is 9.72. The molecular formula is C34H45NO. The van der Waals surface area contributed by atoms with Crippen LogP contribution in [-0.2, 0) is 11.0 Å². The van der Waals surface area contributed by atoms with E-state index in [4.69, 9.17) is 0 Å². The predicted molar refractivity (Wildman–Crippen MR) is 152 cm³/mol. The van der Waals surface area contributed by atoms with Gasteiger partial charge in [-0.1, -0.05) is 119 Å². The Hall–Kier alpha value is -2.42. The fourth-order valence-electron chi connectivity index (χ4n) is 5.86. The van der Waals surface area contributed by atoms with E-state index in [1.807, 2.05) is 36.4 Å². The Morgan fingerprint density at radius 1 is 0.750 bits per heavy atom. The van der Waals surface area contributed by atoms with Crippen molar-refractivity contribution in [1.82, 2.24) is 4.90 Å². The van der Waals surface area contributed by atoms with Gasteiger partial charge < -0.3 is 10.0 Å². The van der Waals surface area contributed by atoms with Crippen LogP contribution in [0.15, 0.2) is 84.9 Å². The van der Waals surface area contributed by atoms with E-state index in [0.29, 0.717) is 5.92 Å². The third-order valence-corrected chi connectivity index (χ3v) is 8.31. The molecule has 1 heterocycles. The lowest BCUT2D eigenvalue weighted by Gasteiger charge is -2.42. The van der Waals surface area contributed by atoms with Crippen molar-refractivity contribution in [2.24, 2.45) is 5.92 Å². The molecule has 0 radical (unpaired) electrons. The summed E-state index contributed by atoms with van der Waals surface area (Å²) in [6.45, 7) is 12.5. The van der Waals surface area contributed by atoms with Crippen LogP contribution >= 0.6 is 0 Å². The van der Waals surface area contributed by atoms with Crippen LogP contribution in [0.2, 0.25) is 0 Å². The zero-order chi connectivity index (χ0) is 25.6. The molecule has 0 bridgehead atoms. The van der Waals surface area contributed by atoms with Crippen molar-refractivity contribution in [2.75, 3.05) is 19.6 Å². The van der Waals surface area contributed by atoms with Crippen molar-refractivity contribution >= 4 is 0 Å². The van der Waals surface area contributed by atoms with E-state index in [1.54, 1.807) is 0 Å². The van der Waals surface area contributed by atoms with Crippen molar-refractivity contribution in [3.8, 4) is 0 Å². The lowest BCUT2D eigenvalue weighted by molar-refractivity contribution is -0.0143. The molecule has 2 heteroatoms. The second-order valence-electron chi connectivity index (χ2n) is 11.9. The first-order valence-electron chi connectivity index (χ1n) is 13.9. The van der Waals surface area contributed by atoms with Gasteiger partial charge in [0.15, 0.2) is 0 Å². The van der Waals surface area contributed by atoms with Gasteiger partial charge in [0, 0.05) is 0 Å². The molecule has 0 spiro atoms. The van der Waals surface area contributed by atoms with Crippen molar-refractivity contribution in [2.45, 2.75) is 76.7 Å². The van der Waals surface area contributed by atoms with E-state index in [-0.39, 0.29) is 11.3 Å². The van der Waals surface area contributed by atoms with Crippen molar-refractivity contribution < 1.29 is 5.11 Å². The van der Waals surface area contributed by atoms with Crippen LogP contribution < -0.4 is 0 Å². The first-order chi connectivity index (χ1) is 17.3. The van der Waals surface area contributed by atoms with E-state index in [9.17, 15) is 5.11 Å². The summed E-state index contributed by atoms with van der Waals surface area (Å²) in [5, 5.41) is 12.1. The summed E-state index contributed by atoms with van der Waals surface area (Å²) in [4.78, 5) is 2.61. The second kappa shape index (κ2) is 11.8. The summed E-state index contributed by atoms with van der Waals surface area (Å²) in [5.41, 5.74) is 4.19. The Labute approximate surface area is 219 Å². The highest BCUT2D eigenvalue weighted by Gasteiger charge is 2.41. The van der Waals surface area contributed by atoms with Crippen molar-refractivity contribution in [1.29, 1.82) is 0 Å². The fraction of sp³-hybridized carbons (Fsp3) is 0.471. The van der Waals surface area contributed by atoms with Gasteiger partial charge in [-0.25, -0.2) is 0 Å². The van der Waals surface area contributed by atoms with Gasteiger partial charge in [-0.15, -0.1) is 0 Å². The highest BCUT2D eigenvalue weighted by Crippen LogP contribution is 2.42. The Bertz CT molecular complexity index is 1000. The minimum Gasteiger partial charge on any atom is -0.380 e. The van der Waals surface area contributed by atoms with Gasteiger partial charge in [-0.05, 0) is 84.8 Å². The number of aliphatic hydroxyl groups is 1. The standard InChI is InChI=1S/C34H45NO/c1-27(28-18-20-29(21-19-28)33(2,3)4)13-11-12-24-35-25-22-32(23-26-35)34(36,30-14-7-5-8-15-30)31-16-9-6-10-17-31/h5-10,14-21,27,32,36H,11-13,22-26H2,1-4H3. The van der Waals surface area contributed by atoms with E-state index in [0.717, 1.165) is 43.6 Å². The van der Waals surface area contributed by atoms with Crippen LogP contribution in [0.4, 0.5) is 0 Å². The molecule has 1 atom stereocenters. The molecule has 1 N–H and O–H groups in total. The molecule has 4 rings (SSSR count). The summed E-state index contributed by atoms with van der Waals surface area (Å²) in [5.74, 6) is 0.839. The van der Waals surface area contributed by atoms with E-state index < -0.39 is 5.60 Å². The predicted octanol–water partition coefficient (Wildman–Crippen LogP) is 7.91. The van der Waals surface area contributed by atoms with Crippen LogP contribution in [0.5, 0.6) is 0 Å². The molecular weight excluding hydrogens is 438 g/mol. The van der Waals surface area contributed by atoms with Gasteiger partial charge in [0.1, 0.15) is 5.60 Å². The van der Waals surface area contributed by atoms with Crippen molar-refractivity contribution in [3.05, 3.63) is 107 Å². The van der Waals surface area contributed by atoms with E-state index in [2.05, 4.69) is 81.1 Å². The van der Waals surface area contributed by atoms with Gasteiger partial charge in [0.25, 0.3) is 0 Å². The summed E-state index contributed by atoms with van der Waals surface area (Å²) >= 11 is 0. The monoisotopic (exact) mass is 483 g/mol. The normalized spacial score (nSPS) is 16.7. The summed E-state index contributed by atoms with van der Waals surface area (Å²) in [7, 11) is 0. The highest BCUT2D eigenvalue weighted by molar-refractivity contribution is 5.37. The molecule has 0 amide bonds. The maximum Gasteiger partial charge on any atom is 0.117 e. The smallest absolute Gasteiger partial charge is 0.117 e. The first-order valence-corrected chi connectivity index (χ1v) is 13.9. The summed E-state index contributed by atoms with van der Waals surface area (Å²) < 4.78 is 0. The zero-order valence-electron chi connectivity index (χ0n) is 22.8. The molecule has 192 valence electrons. The third kappa shape index (κ3) is 6.28. The molecule has 0 aliphatic carbocycles. The Balaban J connectivity index is 1.27. The number of benzene rings is 3. The largest absolute Gasteiger partial charge is 0.380 e. The molecule has 3 aromatic carbocycles. The van der Waals surface area contributed by atoms with Gasteiger partial charge in [0.2, 0.25) is 0 Å². The molecule has 36 heavy (non-hydrogen) atoms. The van der Waals surface area contributed by atoms with Gasteiger partial charge >= 0.3 is 0 Å². The number of piperidine rings is 1. The molecule has 1 aliphatic heterocycles. The minimum atomic E-state index is -0.924. The molecule has 1 unspecified atom stereocenters. The Morgan fingerprint density at radius 3 is 1.78 bits per heavy atom. The second-order valence-corrected chi connectivity index (χ2v) is 11.9. The minimum absolute atomic E-state index is 0.215. The molecule has 1 fully saturated rings. The fourth-order valence-corrected chi connectivity index (χ4v) is 5.86. The van der Waals surface area contributed by atoms with Gasteiger partial charge in [0.05, 0.1) is 0 Å². The van der Waals surface area contributed by atoms with Crippen LogP contribution in [0.3, 0.4) is 0 Å². The number of rotatable bonds is 9. The number of nitrogens with zero attached hydrogens (tertiary/aromatic N) is 1. The third-order valence-electron chi connectivity index (χ3n) is 8.31. The maximum atomic E-state index is 12.1. The van der Waals surface area contributed by atoms with Crippen LogP contribution in [0.25, 0.3) is 0 Å². The number of hydrogen-bond donors (Lipinski definition) is 1. The molecule has 1 aliphatic rings. The Kier molecular flexibility index (Phi) is 8.70. The van der Waals surface area contributed by atoms with Crippen LogP contribution in [-0.4, -0.2) is 29.6 Å². The SMILES string of the molecule is CC(CCCCN1CCC(C(O)(c2ccccc2)c2ccccc2)CC1)c1ccc(C(C)(C)C)cc1. The quantitative estimate of drug-likeness (QED) is 0.313. The highest BCUT2D eigenvalue weighted by atomic mass is 16.3. The lowest BCUT2D eigenvalue weighted by Crippen LogP contribution is -2.44. The maximum absolute atomic E-state index is 12.1. The number of hydrogen-bond acceptors (Lipinski definition) is 2. The van der Waals surface area contributed by atoms with Crippen LogP contribution in [0, 0.1) is 5.92 Å². The van der Waals surface area contributed by atoms with Crippen molar-refractivity contribution in [3.63, 3.8) is 0 Å². The van der Waals surface area contributed by atoms with Gasteiger partial charge in [-0.3, -0.25) is 0 Å². The molecule has 1 saturated heterocycles. The molecule has 0 aromatic heterocycles. The number of unbranched alkanes of at least 4 members (excludes halogenated alkanes) is 1. The van der Waals surface area contributed by atoms with Crippen LogP contribution in [0.1, 0.15) is 88.0 Å². The number of likely N-dealkylation sites (tertiary alicyclic amines) is 1. The molecule has 2 nitrogen and oxygen atoms in total. The summed E-state index contributed by atoms with van der Waals surface area (Å²) in [6.07, 6.45) is 5.80. The molecule has 3 aromatic rings. The molecule has 0 saturated carbocycles. The average Bonchev–Trinajstić information content (AvgIpc) is 2.91. The Morgan fingerprint density at radius 2 is 1.28 bits per heavy atom.